The normalized spacial score (nSPS) is 34.7. The molecule has 0 saturated heterocycles. The first-order valence-corrected chi connectivity index (χ1v) is 9.15. The third kappa shape index (κ3) is 4.58. The lowest BCUT2D eigenvalue weighted by molar-refractivity contribution is -0.0108. The van der Waals surface area contributed by atoms with Crippen molar-refractivity contribution in [2.24, 2.45) is 23.2 Å². The van der Waals surface area contributed by atoms with Gasteiger partial charge in [-0.05, 0) is 68.6 Å². The smallest absolute Gasteiger partial charge is 0.0675 e. The molecule has 0 aromatic heterocycles. The molecule has 0 amide bonds. The van der Waals surface area contributed by atoms with Gasteiger partial charge in [0.2, 0.25) is 0 Å². The van der Waals surface area contributed by atoms with Gasteiger partial charge in [0, 0.05) is 0 Å². The van der Waals surface area contributed by atoms with Crippen molar-refractivity contribution < 1.29 is 4.74 Å². The maximum Gasteiger partial charge on any atom is 0.0675 e. The number of hydrogen-bond acceptors (Lipinski definition) is 1. The maximum absolute atomic E-state index is 5.97. The van der Waals surface area contributed by atoms with E-state index in [4.69, 9.17) is 4.74 Å². The van der Waals surface area contributed by atoms with Crippen LogP contribution in [0.2, 0.25) is 0 Å². The summed E-state index contributed by atoms with van der Waals surface area (Å²) in [6.07, 6.45) is 11.5. The topological polar surface area (TPSA) is 9.23 Å². The van der Waals surface area contributed by atoms with E-state index in [0.29, 0.717) is 11.5 Å². The van der Waals surface area contributed by atoms with Crippen LogP contribution in [0.25, 0.3) is 0 Å². The molecule has 122 valence electrons. The average Bonchev–Trinajstić information content (AvgIpc) is 2.46. The first-order chi connectivity index (χ1) is 9.89. The molecular weight excluding hydrogens is 256 g/mol. The Kier molecular flexibility index (Phi) is 5.94. The van der Waals surface area contributed by atoms with Crippen molar-refractivity contribution in [3.8, 4) is 0 Å². The Morgan fingerprint density at radius 1 is 0.952 bits per heavy atom. The van der Waals surface area contributed by atoms with Gasteiger partial charge in [-0.2, -0.15) is 0 Å². The van der Waals surface area contributed by atoms with Crippen LogP contribution in [-0.4, -0.2) is 12.7 Å². The fourth-order valence-corrected chi connectivity index (χ4v) is 4.57. The van der Waals surface area contributed by atoms with Crippen LogP contribution in [0.1, 0.15) is 79.1 Å². The van der Waals surface area contributed by atoms with Crippen molar-refractivity contribution in [3.63, 3.8) is 0 Å². The molecule has 0 aromatic rings. The molecule has 2 fully saturated rings. The van der Waals surface area contributed by atoms with Gasteiger partial charge in [0.05, 0.1) is 12.7 Å². The summed E-state index contributed by atoms with van der Waals surface area (Å²) in [7, 11) is 0. The van der Waals surface area contributed by atoms with E-state index in [9.17, 15) is 0 Å². The van der Waals surface area contributed by atoms with Crippen LogP contribution in [0.3, 0.4) is 0 Å². The molecule has 0 spiro atoms. The largest absolute Gasteiger partial charge is 0.374 e. The molecule has 0 atom stereocenters. The van der Waals surface area contributed by atoms with E-state index in [1.54, 1.807) is 0 Å². The van der Waals surface area contributed by atoms with Gasteiger partial charge in [0.15, 0.2) is 0 Å². The lowest BCUT2D eigenvalue weighted by Gasteiger charge is -2.46. The van der Waals surface area contributed by atoms with Crippen LogP contribution in [0, 0.1) is 23.2 Å². The molecule has 0 aliphatic heterocycles. The van der Waals surface area contributed by atoms with Crippen LogP contribution < -0.4 is 0 Å². The third-order valence-electron chi connectivity index (χ3n) is 6.36. The molecule has 0 radical (unpaired) electrons. The maximum atomic E-state index is 5.97. The van der Waals surface area contributed by atoms with Gasteiger partial charge in [-0.25, -0.2) is 0 Å². The number of ether oxygens (including phenoxy) is 1. The highest BCUT2D eigenvalue weighted by atomic mass is 16.5. The molecule has 2 aliphatic carbocycles. The predicted octanol–water partition coefficient (Wildman–Crippen LogP) is 5.99. The molecule has 1 heteroatoms. The van der Waals surface area contributed by atoms with E-state index < -0.39 is 0 Å². The molecule has 0 heterocycles. The van der Waals surface area contributed by atoms with Crippen molar-refractivity contribution in [1.82, 2.24) is 0 Å². The lowest BCUT2D eigenvalue weighted by Crippen LogP contribution is -2.38. The molecular formula is C20H36O. The molecule has 2 aliphatic rings. The fourth-order valence-electron chi connectivity index (χ4n) is 4.57. The Bertz CT molecular complexity index is 328. The molecule has 2 saturated carbocycles. The summed E-state index contributed by atoms with van der Waals surface area (Å²) < 4.78 is 5.97. The predicted molar refractivity (Wildman–Crippen MR) is 91.4 cm³/mol. The van der Waals surface area contributed by atoms with Gasteiger partial charge in [-0.15, -0.1) is 0 Å². The van der Waals surface area contributed by atoms with Crippen molar-refractivity contribution in [3.05, 3.63) is 12.2 Å². The van der Waals surface area contributed by atoms with Crippen LogP contribution >= 0.6 is 0 Å². The zero-order valence-corrected chi connectivity index (χ0v) is 14.8. The highest BCUT2D eigenvalue weighted by Crippen LogP contribution is 2.49. The van der Waals surface area contributed by atoms with E-state index in [1.807, 2.05) is 0 Å². The summed E-state index contributed by atoms with van der Waals surface area (Å²) in [4.78, 5) is 0. The first kappa shape index (κ1) is 17.1. The minimum Gasteiger partial charge on any atom is -0.374 e. The summed E-state index contributed by atoms with van der Waals surface area (Å²) in [6.45, 7) is 14.3. The van der Waals surface area contributed by atoms with E-state index in [2.05, 4.69) is 34.3 Å². The van der Waals surface area contributed by atoms with Crippen LogP contribution in [0.4, 0.5) is 0 Å². The summed E-state index contributed by atoms with van der Waals surface area (Å²) in [5.41, 5.74) is 1.67. The van der Waals surface area contributed by atoms with Gasteiger partial charge >= 0.3 is 0 Å². The number of hydrogen-bond donors (Lipinski definition) is 0. The molecule has 0 N–H and O–H groups in total. The molecule has 1 nitrogen and oxygen atoms in total. The Balaban J connectivity index is 1.81. The minimum absolute atomic E-state index is 0.486. The Hall–Kier alpha value is -0.300. The van der Waals surface area contributed by atoms with Gasteiger partial charge in [0.1, 0.15) is 0 Å². The van der Waals surface area contributed by atoms with Gasteiger partial charge in [-0.1, -0.05) is 45.8 Å². The Morgan fingerprint density at radius 2 is 1.43 bits per heavy atom. The Labute approximate surface area is 132 Å². The zero-order chi connectivity index (χ0) is 15.5. The summed E-state index contributed by atoms with van der Waals surface area (Å²) in [5.74, 6) is 2.82. The van der Waals surface area contributed by atoms with Gasteiger partial charge in [-0.3, -0.25) is 0 Å². The van der Waals surface area contributed by atoms with E-state index in [-0.39, 0.29) is 0 Å². The van der Waals surface area contributed by atoms with Gasteiger partial charge in [0.25, 0.3) is 0 Å². The monoisotopic (exact) mass is 292 g/mol. The summed E-state index contributed by atoms with van der Waals surface area (Å²) in [6, 6.07) is 0. The fraction of sp³-hybridized carbons (Fsp3) is 0.900. The summed E-state index contributed by atoms with van der Waals surface area (Å²) in [5, 5.41) is 0. The summed E-state index contributed by atoms with van der Waals surface area (Å²) >= 11 is 0. The van der Waals surface area contributed by atoms with Crippen LogP contribution in [0.15, 0.2) is 12.2 Å². The minimum atomic E-state index is 0.486. The standard InChI is InChI=1S/C20H36O/c1-15(2)14-21-19-12-10-18(11-13-19)20(4,5)17-8-6-16(3)7-9-17/h16-19H,1,6-14H2,2-5H3. The molecule has 0 aromatic carbocycles. The van der Waals surface area contributed by atoms with Crippen LogP contribution in [0.5, 0.6) is 0 Å². The van der Waals surface area contributed by atoms with Crippen molar-refractivity contribution >= 4 is 0 Å². The molecule has 0 unspecified atom stereocenters. The lowest BCUT2D eigenvalue weighted by atomic mass is 9.60. The van der Waals surface area contributed by atoms with Crippen LogP contribution in [-0.2, 0) is 4.74 Å². The average molecular weight is 293 g/mol. The number of rotatable bonds is 5. The van der Waals surface area contributed by atoms with Crippen molar-refractivity contribution in [2.75, 3.05) is 6.61 Å². The highest BCUT2D eigenvalue weighted by molar-refractivity contribution is 4.91. The van der Waals surface area contributed by atoms with E-state index >= 15 is 0 Å². The quantitative estimate of drug-likeness (QED) is 0.565. The Morgan fingerprint density at radius 3 is 1.90 bits per heavy atom. The SMILES string of the molecule is C=C(C)COC1CCC(C(C)(C)C2CCC(C)CC2)CC1. The van der Waals surface area contributed by atoms with E-state index in [1.165, 1.54) is 51.4 Å². The molecule has 21 heavy (non-hydrogen) atoms. The third-order valence-corrected chi connectivity index (χ3v) is 6.36. The second-order valence-electron chi connectivity index (χ2n) is 8.52. The zero-order valence-electron chi connectivity index (χ0n) is 14.8. The first-order valence-electron chi connectivity index (χ1n) is 9.15. The van der Waals surface area contributed by atoms with Crippen molar-refractivity contribution in [1.29, 1.82) is 0 Å². The van der Waals surface area contributed by atoms with E-state index in [0.717, 1.165) is 29.9 Å². The molecule has 2 rings (SSSR count). The molecule has 0 bridgehead atoms. The second kappa shape index (κ2) is 7.31. The van der Waals surface area contributed by atoms with Gasteiger partial charge < -0.3 is 4.74 Å². The second-order valence-corrected chi connectivity index (χ2v) is 8.52. The highest BCUT2D eigenvalue weighted by Gasteiger charge is 2.40. The van der Waals surface area contributed by atoms with Crippen molar-refractivity contribution in [2.45, 2.75) is 85.2 Å².